The van der Waals surface area contributed by atoms with Crippen LogP contribution in [-0.2, 0) is 15.4 Å². The number of anilines is 2. The van der Waals surface area contributed by atoms with E-state index in [9.17, 15) is 13.2 Å². The third-order valence-electron chi connectivity index (χ3n) is 4.35. The van der Waals surface area contributed by atoms with Crippen LogP contribution in [-0.4, -0.2) is 19.3 Å². The summed E-state index contributed by atoms with van der Waals surface area (Å²) in [6, 6.07) is 16.5. The van der Waals surface area contributed by atoms with E-state index in [0.717, 1.165) is 5.56 Å². The van der Waals surface area contributed by atoms with Gasteiger partial charge in [-0.25, -0.2) is 8.42 Å². The van der Waals surface area contributed by atoms with Crippen molar-refractivity contribution in [2.45, 2.75) is 31.1 Å². The largest absolute Gasteiger partial charge is 0.321 e. The summed E-state index contributed by atoms with van der Waals surface area (Å²) in [6.45, 7) is 6.21. The van der Waals surface area contributed by atoms with E-state index in [2.05, 4.69) is 35.8 Å². The third-order valence-corrected chi connectivity index (χ3v) is 5.75. The van der Waals surface area contributed by atoms with Crippen molar-refractivity contribution in [2.24, 2.45) is 0 Å². The molecule has 1 heterocycles. The SMILES string of the molecule is CC(C)(C)c1ccc(S(=O)(=O)Nc2ccc(C(=O)Nc3cccnc3)cc2)cc1. The van der Waals surface area contributed by atoms with E-state index in [1.807, 2.05) is 12.1 Å². The van der Waals surface area contributed by atoms with Gasteiger partial charge in [0.1, 0.15) is 0 Å². The fourth-order valence-electron chi connectivity index (χ4n) is 2.68. The summed E-state index contributed by atoms with van der Waals surface area (Å²) >= 11 is 0. The molecule has 3 aromatic rings. The van der Waals surface area contributed by atoms with E-state index in [-0.39, 0.29) is 16.2 Å². The van der Waals surface area contributed by atoms with Crippen LogP contribution in [0.3, 0.4) is 0 Å². The molecule has 0 saturated heterocycles. The molecule has 3 rings (SSSR count). The first kappa shape index (κ1) is 20.5. The topological polar surface area (TPSA) is 88.2 Å². The Kier molecular flexibility index (Phi) is 5.70. The Hall–Kier alpha value is -3.19. The zero-order valence-corrected chi connectivity index (χ0v) is 17.3. The normalized spacial score (nSPS) is 11.7. The second-order valence-corrected chi connectivity index (χ2v) is 9.34. The van der Waals surface area contributed by atoms with Crippen LogP contribution < -0.4 is 10.0 Å². The van der Waals surface area contributed by atoms with Crippen LogP contribution >= 0.6 is 0 Å². The number of carbonyl (C=O) groups excluding carboxylic acids is 1. The fraction of sp³-hybridized carbons (Fsp3) is 0.182. The monoisotopic (exact) mass is 409 g/mol. The number of pyridine rings is 1. The number of hydrogen-bond donors (Lipinski definition) is 2. The van der Waals surface area contributed by atoms with Crippen molar-refractivity contribution in [3.05, 3.63) is 84.2 Å². The molecule has 29 heavy (non-hydrogen) atoms. The third kappa shape index (κ3) is 5.20. The summed E-state index contributed by atoms with van der Waals surface area (Å²) in [6.07, 6.45) is 3.17. The summed E-state index contributed by atoms with van der Waals surface area (Å²) in [7, 11) is -3.72. The van der Waals surface area contributed by atoms with Gasteiger partial charge in [-0.05, 0) is 59.5 Å². The fourth-order valence-corrected chi connectivity index (χ4v) is 3.74. The molecule has 0 bridgehead atoms. The first-order valence-corrected chi connectivity index (χ1v) is 10.6. The second-order valence-electron chi connectivity index (χ2n) is 7.65. The Morgan fingerprint density at radius 2 is 1.55 bits per heavy atom. The molecule has 0 fully saturated rings. The summed E-state index contributed by atoms with van der Waals surface area (Å²) in [5.74, 6) is -0.301. The van der Waals surface area contributed by atoms with Gasteiger partial charge in [-0.15, -0.1) is 0 Å². The predicted molar refractivity (Wildman–Crippen MR) is 115 cm³/mol. The molecule has 0 spiro atoms. The predicted octanol–water partition coefficient (Wildman–Crippen LogP) is 4.43. The van der Waals surface area contributed by atoms with Gasteiger partial charge in [0, 0.05) is 17.4 Å². The van der Waals surface area contributed by atoms with Gasteiger partial charge in [-0.3, -0.25) is 14.5 Å². The molecule has 0 atom stereocenters. The lowest BCUT2D eigenvalue weighted by Gasteiger charge is -2.19. The van der Waals surface area contributed by atoms with Crippen molar-refractivity contribution in [1.29, 1.82) is 0 Å². The number of nitrogens with one attached hydrogen (secondary N) is 2. The first-order chi connectivity index (χ1) is 13.6. The molecule has 7 heteroatoms. The molecule has 0 aliphatic carbocycles. The van der Waals surface area contributed by atoms with Gasteiger partial charge >= 0.3 is 0 Å². The number of amides is 1. The van der Waals surface area contributed by atoms with Crippen molar-refractivity contribution in [2.75, 3.05) is 10.0 Å². The number of carbonyl (C=O) groups is 1. The van der Waals surface area contributed by atoms with Crippen molar-refractivity contribution < 1.29 is 13.2 Å². The molecule has 2 aromatic carbocycles. The summed E-state index contributed by atoms with van der Waals surface area (Å²) in [5, 5.41) is 2.73. The quantitative estimate of drug-likeness (QED) is 0.652. The number of nitrogens with zero attached hydrogens (tertiary/aromatic N) is 1. The minimum atomic E-state index is -3.72. The molecule has 0 radical (unpaired) electrons. The molecule has 6 nitrogen and oxygen atoms in total. The molecule has 1 amide bonds. The lowest BCUT2D eigenvalue weighted by Crippen LogP contribution is -2.15. The van der Waals surface area contributed by atoms with Gasteiger partial charge in [0.2, 0.25) is 0 Å². The van der Waals surface area contributed by atoms with E-state index in [1.54, 1.807) is 60.9 Å². The van der Waals surface area contributed by atoms with Crippen molar-refractivity contribution in [3.63, 3.8) is 0 Å². The molecular weight excluding hydrogens is 386 g/mol. The minimum absolute atomic E-state index is 0.0536. The number of aromatic nitrogens is 1. The average molecular weight is 410 g/mol. The van der Waals surface area contributed by atoms with Gasteiger partial charge in [-0.2, -0.15) is 0 Å². The van der Waals surface area contributed by atoms with E-state index in [1.165, 1.54) is 0 Å². The highest BCUT2D eigenvalue weighted by Crippen LogP contribution is 2.24. The second kappa shape index (κ2) is 8.05. The van der Waals surface area contributed by atoms with Crippen LogP contribution in [0.2, 0.25) is 0 Å². The van der Waals surface area contributed by atoms with Gasteiger partial charge < -0.3 is 5.32 Å². The Morgan fingerprint density at radius 1 is 0.897 bits per heavy atom. The van der Waals surface area contributed by atoms with Gasteiger partial charge in [0.15, 0.2) is 0 Å². The van der Waals surface area contributed by atoms with Crippen LogP contribution in [0.5, 0.6) is 0 Å². The Labute approximate surface area is 171 Å². The molecule has 150 valence electrons. The Balaban J connectivity index is 1.70. The van der Waals surface area contributed by atoms with Crippen molar-refractivity contribution >= 4 is 27.3 Å². The summed E-state index contributed by atoms with van der Waals surface area (Å²) in [4.78, 5) is 16.4. The highest BCUT2D eigenvalue weighted by molar-refractivity contribution is 7.92. The number of benzene rings is 2. The molecule has 0 aliphatic rings. The zero-order chi connectivity index (χ0) is 21.1. The molecule has 0 aliphatic heterocycles. The number of sulfonamides is 1. The minimum Gasteiger partial charge on any atom is -0.321 e. The van der Waals surface area contributed by atoms with Crippen LogP contribution in [0.15, 0.2) is 78.0 Å². The van der Waals surface area contributed by atoms with Crippen LogP contribution in [0.25, 0.3) is 0 Å². The maximum Gasteiger partial charge on any atom is 0.261 e. The zero-order valence-electron chi connectivity index (χ0n) is 16.5. The molecular formula is C22H23N3O3S. The van der Waals surface area contributed by atoms with Crippen LogP contribution in [0, 0.1) is 0 Å². The van der Waals surface area contributed by atoms with E-state index < -0.39 is 10.0 Å². The highest BCUT2D eigenvalue weighted by atomic mass is 32.2. The average Bonchev–Trinajstić information content (AvgIpc) is 2.68. The van der Waals surface area contributed by atoms with Gasteiger partial charge in [-0.1, -0.05) is 32.9 Å². The Morgan fingerprint density at radius 3 is 2.10 bits per heavy atom. The maximum absolute atomic E-state index is 12.6. The molecule has 0 saturated carbocycles. The van der Waals surface area contributed by atoms with Gasteiger partial charge in [0.05, 0.1) is 16.8 Å². The van der Waals surface area contributed by atoms with Crippen LogP contribution in [0.1, 0.15) is 36.7 Å². The summed E-state index contributed by atoms with van der Waals surface area (Å²) in [5.41, 5.74) is 2.37. The number of hydrogen-bond acceptors (Lipinski definition) is 4. The number of rotatable bonds is 5. The lowest BCUT2D eigenvalue weighted by atomic mass is 9.87. The van der Waals surface area contributed by atoms with Crippen molar-refractivity contribution in [3.8, 4) is 0 Å². The molecule has 2 N–H and O–H groups in total. The van der Waals surface area contributed by atoms with E-state index in [4.69, 9.17) is 0 Å². The highest BCUT2D eigenvalue weighted by Gasteiger charge is 2.18. The van der Waals surface area contributed by atoms with Crippen LogP contribution in [0.4, 0.5) is 11.4 Å². The maximum atomic E-state index is 12.6. The van der Waals surface area contributed by atoms with E-state index >= 15 is 0 Å². The van der Waals surface area contributed by atoms with Gasteiger partial charge in [0.25, 0.3) is 15.9 Å². The summed E-state index contributed by atoms with van der Waals surface area (Å²) < 4.78 is 27.8. The van der Waals surface area contributed by atoms with Crippen molar-refractivity contribution in [1.82, 2.24) is 4.98 Å². The smallest absolute Gasteiger partial charge is 0.261 e. The molecule has 0 unspecified atom stereocenters. The first-order valence-electron chi connectivity index (χ1n) is 9.10. The lowest BCUT2D eigenvalue weighted by molar-refractivity contribution is 0.102. The van der Waals surface area contributed by atoms with E-state index in [0.29, 0.717) is 16.9 Å². The Bertz CT molecular complexity index is 1090. The molecule has 1 aromatic heterocycles. The standard InChI is InChI=1S/C22H23N3O3S/c1-22(2,3)17-8-12-20(13-9-17)29(27,28)25-18-10-6-16(7-11-18)21(26)24-19-5-4-14-23-15-19/h4-15,25H,1-3H3,(H,24,26).